The third-order valence-corrected chi connectivity index (χ3v) is 5.85. The predicted molar refractivity (Wildman–Crippen MR) is 88.6 cm³/mol. The van der Waals surface area contributed by atoms with Crippen LogP contribution in [0, 0.1) is 5.92 Å². The van der Waals surface area contributed by atoms with Crippen molar-refractivity contribution < 1.29 is 0 Å². The van der Waals surface area contributed by atoms with Crippen molar-refractivity contribution in [3.8, 4) is 0 Å². The van der Waals surface area contributed by atoms with E-state index in [0.29, 0.717) is 0 Å². The van der Waals surface area contributed by atoms with Crippen molar-refractivity contribution in [2.75, 3.05) is 18.4 Å². The number of hydrogen-bond donors (Lipinski definition) is 1. The molecule has 0 radical (unpaired) electrons. The number of aryl methyl sites for hydroxylation is 1. The second-order valence-corrected chi connectivity index (χ2v) is 7.25. The Morgan fingerprint density at radius 1 is 1.05 bits per heavy atom. The van der Waals surface area contributed by atoms with Crippen LogP contribution in [0.1, 0.15) is 56.1 Å². The van der Waals surface area contributed by atoms with Crippen molar-refractivity contribution in [1.82, 2.24) is 4.90 Å². The average molecular weight is 284 g/mol. The van der Waals surface area contributed by atoms with Gasteiger partial charge in [0.05, 0.1) is 0 Å². The fourth-order valence-electron chi connectivity index (χ4n) is 4.79. The minimum absolute atomic E-state index is 0.877. The van der Waals surface area contributed by atoms with Crippen molar-refractivity contribution in [2.45, 2.75) is 64.0 Å². The summed E-state index contributed by atoms with van der Waals surface area (Å²) < 4.78 is 0. The van der Waals surface area contributed by atoms with Crippen LogP contribution in [0.4, 0.5) is 5.69 Å². The van der Waals surface area contributed by atoms with Crippen LogP contribution >= 0.6 is 0 Å². The minimum atomic E-state index is 0.877. The van der Waals surface area contributed by atoms with E-state index in [-0.39, 0.29) is 0 Å². The highest BCUT2D eigenvalue weighted by Gasteiger charge is 2.33. The molecule has 0 spiro atoms. The van der Waals surface area contributed by atoms with Gasteiger partial charge in [0.15, 0.2) is 0 Å². The van der Waals surface area contributed by atoms with Gasteiger partial charge in [-0.15, -0.1) is 0 Å². The van der Waals surface area contributed by atoms with E-state index in [9.17, 15) is 0 Å². The Hall–Kier alpha value is -1.02. The Balaban J connectivity index is 1.47. The first-order valence-electron chi connectivity index (χ1n) is 9.00. The van der Waals surface area contributed by atoms with Crippen molar-refractivity contribution >= 4 is 5.69 Å². The normalized spacial score (nSPS) is 26.8. The van der Waals surface area contributed by atoms with Crippen LogP contribution in [-0.4, -0.2) is 24.0 Å². The fourth-order valence-corrected chi connectivity index (χ4v) is 4.79. The summed E-state index contributed by atoms with van der Waals surface area (Å²) in [5.74, 6) is 0.992. The number of nitrogens with one attached hydrogen (secondary N) is 1. The number of likely N-dealkylation sites (tertiary alicyclic amines) is 1. The number of anilines is 1. The maximum atomic E-state index is 3.52. The maximum absolute atomic E-state index is 3.52. The van der Waals surface area contributed by atoms with Gasteiger partial charge in [0.1, 0.15) is 0 Å². The van der Waals surface area contributed by atoms with Gasteiger partial charge in [-0.2, -0.15) is 0 Å². The summed E-state index contributed by atoms with van der Waals surface area (Å²) in [7, 11) is 0. The highest BCUT2D eigenvalue weighted by Crippen LogP contribution is 2.36. The standard InChI is InChI=1S/C19H28N2/c1-2-6-16(5-1)19-8-4-12-21(19)14-15-9-10-18-17(13-15)7-3-11-20-18/h9-10,13,16,19-20H,1-8,11-12,14H2. The Morgan fingerprint density at radius 2 is 1.95 bits per heavy atom. The van der Waals surface area contributed by atoms with E-state index in [4.69, 9.17) is 0 Å². The van der Waals surface area contributed by atoms with Crippen molar-refractivity contribution in [2.24, 2.45) is 5.92 Å². The molecule has 2 heterocycles. The van der Waals surface area contributed by atoms with E-state index >= 15 is 0 Å². The summed E-state index contributed by atoms with van der Waals surface area (Å²) in [5.41, 5.74) is 4.44. The summed E-state index contributed by atoms with van der Waals surface area (Å²) in [4.78, 5) is 2.79. The lowest BCUT2D eigenvalue weighted by molar-refractivity contribution is 0.183. The number of nitrogens with zero attached hydrogens (tertiary/aromatic N) is 1. The third kappa shape index (κ3) is 2.83. The van der Waals surface area contributed by atoms with Crippen LogP contribution in [-0.2, 0) is 13.0 Å². The van der Waals surface area contributed by atoms with Gasteiger partial charge in [-0.1, -0.05) is 25.0 Å². The summed E-state index contributed by atoms with van der Waals surface area (Å²) in [6, 6.07) is 8.00. The molecule has 2 aliphatic heterocycles. The van der Waals surface area contributed by atoms with Crippen LogP contribution in [0.3, 0.4) is 0 Å². The SMILES string of the molecule is c1cc2c(cc1CN1CCCC1C1CCCC1)CCCN2. The molecule has 1 saturated heterocycles. The summed E-state index contributed by atoms with van der Waals surface area (Å²) in [6.07, 6.45) is 11.3. The summed E-state index contributed by atoms with van der Waals surface area (Å²) in [5, 5.41) is 3.52. The molecule has 0 bridgehead atoms. The second kappa shape index (κ2) is 6.00. The van der Waals surface area contributed by atoms with Gasteiger partial charge in [-0.25, -0.2) is 0 Å². The molecule has 3 aliphatic rings. The van der Waals surface area contributed by atoms with E-state index in [1.165, 1.54) is 81.3 Å². The fraction of sp³-hybridized carbons (Fsp3) is 0.684. The van der Waals surface area contributed by atoms with Crippen LogP contribution in [0.25, 0.3) is 0 Å². The van der Waals surface area contributed by atoms with E-state index in [0.717, 1.165) is 18.5 Å². The van der Waals surface area contributed by atoms with Gasteiger partial charge in [0, 0.05) is 24.8 Å². The highest BCUT2D eigenvalue weighted by atomic mass is 15.2. The molecule has 1 saturated carbocycles. The topological polar surface area (TPSA) is 15.3 Å². The van der Waals surface area contributed by atoms with Crippen molar-refractivity contribution in [3.63, 3.8) is 0 Å². The van der Waals surface area contributed by atoms with Gasteiger partial charge < -0.3 is 5.32 Å². The molecule has 2 nitrogen and oxygen atoms in total. The van der Waals surface area contributed by atoms with Gasteiger partial charge in [0.25, 0.3) is 0 Å². The molecule has 1 aromatic carbocycles. The second-order valence-electron chi connectivity index (χ2n) is 7.25. The zero-order valence-electron chi connectivity index (χ0n) is 13.1. The van der Waals surface area contributed by atoms with Gasteiger partial charge in [-0.05, 0) is 68.2 Å². The van der Waals surface area contributed by atoms with Crippen LogP contribution in [0.5, 0.6) is 0 Å². The molecule has 2 fully saturated rings. The quantitative estimate of drug-likeness (QED) is 0.895. The molecule has 114 valence electrons. The lowest BCUT2D eigenvalue weighted by atomic mass is 9.95. The highest BCUT2D eigenvalue weighted by molar-refractivity contribution is 5.54. The summed E-state index contributed by atoms with van der Waals surface area (Å²) >= 11 is 0. The monoisotopic (exact) mass is 284 g/mol. The zero-order valence-corrected chi connectivity index (χ0v) is 13.1. The molecule has 1 aromatic rings. The van der Waals surface area contributed by atoms with E-state index in [1.807, 2.05) is 0 Å². The number of rotatable bonds is 3. The Labute approximate surface area is 128 Å². The van der Waals surface area contributed by atoms with Gasteiger partial charge >= 0.3 is 0 Å². The summed E-state index contributed by atoms with van der Waals surface area (Å²) in [6.45, 7) is 3.63. The van der Waals surface area contributed by atoms with Crippen LogP contribution < -0.4 is 5.32 Å². The Kier molecular flexibility index (Phi) is 3.89. The average Bonchev–Trinajstić information content (AvgIpc) is 3.18. The van der Waals surface area contributed by atoms with Gasteiger partial charge in [0.2, 0.25) is 0 Å². The predicted octanol–water partition coefficient (Wildman–Crippen LogP) is 4.20. The largest absolute Gasteiger partial charge is 0.385 e. The smallest absolute Gasteiger partial charge is 0.0372 e. The molecule has 2 heteroatoms. The van der Waals surface area contributed by atoms with Gasteiger partial charge in [-0.3, -0.25) is 4.90 Å². The maximum Gasteiger partial charge on any atom is 0.0372 e. The van der Waals surface area contributed by atoms with E-state index in [1.54, 1.807) is 0 Å². The molecule has 0 amide bonds. The first kappa shape index (κ1) is 13.6. The first-order chi connectivity index (χ1) is 10.4. The van der Waals surface area contributed by atoms with Crippen molar-refractivity contribution in [3.05, 3.63) is 29.3 Å². The molecule has 1 atom stereocenters. The number of fused-ring (bicyclic) bond motifs is 1. The molecule has 1 N–H and O–H groups in total. The van der Waals surface area contributed by atoms with Crippen molar-refractivity contribution in [1.29, 1.82) is 0 Å². The number of benzene rings is 1. The zero-order chi connectivity index (χ0) is 14.1. The molecule has 0 aromatic heterocycles. The molecule has 4 rings (SSSR count). The number of hydrogen-bond acceptors (Lipinski definition) is 2. The molecule has 1 unspecified atom stereocenters. The molecular formula is C19H28N2. The third-order valence-electron chi connectivity index (χ3n) is 5.85. The Morgan fingerprint density at radius 3 is 2.86 bits per heavy atom. The first-order valence-corrected chi connectivity index (χ1v) is 9.00. The molecule has 1 aliphatic carbocycles. The van der Waals surface area contributed by atoms with E-state index < -0.39 is 0 Å². The van der Waals surface area contributed by atoms with Crippen LogP contribution in [0.2, 0.25) is 0 Å². The molecular weight excluding hydrogens is 256 g/mol. The minimum Gasteiger partial charge on any atom is -0.385 e. The lowest BCUT2D eigenvalue weighted by Gasteiger charge is -2.30. The Bertz CT molecular complexity index is 490. The van der Waals surface area contributed by atoms with E-state index in [2.05, 4.69) is 28.4 Å². The molecule has 21 heavy (non-hydrogen) atoms. The van der Waals surface area contributed by atoms with Crippen LogP contribution in [0.15, 0.2) is 18.2 Å². The lowest BCUT2D eigenvalue weighted by Crippen LogP contribution is -2.34.